The first-order valence-corrected chi connectivity index (χ1v) is 17.3. The number of aryl methyl sites for hydroxylation is 1. The molecule has 11 heteroatoms. The summed E-state index contributed by atoms with van der Waals surface area (Å²) in [7, 11) is 2.21. The van der Waals surface area contributed by atoms with Gasteiger partial charge in [-0.15, -0.1) is 0 Å². The zero-order valence-electron chi connectivity index (χ0n) is 28.4. The Hall–Kier alpha value is -4.48. The molecular formula is C37H49N9O2. The quantitative estimate of drug-likeness (QED) is 0.318. The molecule has 2 aromatic carbocycles. The van der Waals surface area contributed by atoms with Gasteiger partial charge in [0.25, 0.3) is 5.91 Å². The molecule has 3 aromatic rings. The topological polar surface area (TPSA) is 114 Å². The minimum absolute atomic E-state index is 0.0772. The lowest BCUT2D eigenvalue weighted by Crippen LogP contribution is -2.56. The van der Waals surface area contributed by atoms with Crippen molar-refractivity contribution in [1.29, 1.82) is 0 Å². The number of nitrogens with one attached hydrogen (secondary N) is 1. The predicted octanol–water partition coefficient (Wildman–Crippen LogP) is 3.54. The molecule has 0 saturated carbocycles. The summed E-state index contributed by atoms with van der Waals surface area (Å²) < 4.78 is 0. The predicted molar refractivity (Wildman–Crippen MR) is 192 cm³/mol. The Balaban J connectivity index is 1.17. The van der Waals surface area contributed by atoms with Crippen LogP contribution in [0.25, 0.3) is 0 Å². The molecule has 254 valence electrons. The van der Waals surface area contributed by atoms with Crippen molar-refractivity contribution in [3.8, 4) is 0 Å². The maximum Gasteiger partial charge on any atom is 0.271 e. The maximum atomic E-state index is 12.8. The largest absolute Gasteiger partial charge is 0.371 e. The second-order valence-corrected chi connectivity index (χ2v) is 13.2. The number of nitrogens with two attached hydrogens (primary N) is 1. The highest BCUT2D eigenvalue weighted by Crippen LogP contribution is 2.29. The van der Waals surface area contributed by atoms with Gasteiger partial charge in [0.1, 0.15) is 0 Å². The van der Waals surface area contributed by atoms with Crippen molar-refractivity contribution in [3.05, 3.63) is 84.2 Å². The second kappa shape index (κ2) is 15.2. The Labute approximate surface area is 284 Å². The Morgan fingerprint density at radius 3 is 2.27 bits per heavy atom. The molecule has 0 unspecified atom stereocenters. The highest BCUT2D eigenvalue weighted by Gasteiger charge is 2.32. The summed E-state index contributed by atoms with van der Waals surface area (Å²) in [5, 5.41) is 3.35. The normalized spacial score (nSPS) is 19.7. The van der Waals surface area contributed by atoms with Crippen LogP contribution in [0.3, 0.4) is 0 Å². The third kappa shape index (κ3) is 7.63. The number of amides is 2. The van der Waals surface area contributed by atoms with Gasteiger partial charge in [0.2, 0.25) is 5.91 Å². The van der Waals surface area contributed by atoms with Crippen LogP contribution in [-0.2, 0) is 17.6 Å². The molecule has 48 heavy (non-hydrogen) atoms. The first-order valence-electron chi connectivity index (χ1n) is 17.3. The Morgan fingerprint density at radius 1 is 0.917 bits per heavy atom. The van der Waals surface area contributed by atoms with E-state index in [1.165, 1.54) is 24.6 Å². The summed E-state index contributed by atoms with van der Waals surface area (Å²) in [5.74, 6) is 0.328. The molecule has 0 bridgehead atoms. The van der Waals surface area contributed by atoms with Gasteiger partial charge >= 0.3 is 0 Å². The van der Waals surface area contributed by atoms with E-state index in [9.17, 15) is 9.59 Å². The van der Waals surface area contributed by atoms with Gasteiger partial charge in [-0.25, -0.2) is 9.97 Å². The van der Waals surface area contributed by atoms with Crippen LogP contribution in [0.15, 0.2) is 67.3 Å². The zero-order chi connectivity index (χ0) is 33.6. The summed E-state index contributed by atoms with van der Waals surface area (Å²) in [5.41, 5.74) is 9.80. The van der Waals surface area contributed by atoms with Crippen molar-refractivity contribution in [3.63, 3.8) is 0 Å². The SMILES string of the molecule is C=CC(=O)N1CCN(c2nc(Nc3ccc(N4CCC(N5CCN(C)CC5)CC4)cc3)c(C(N)=O)nc2CC)C[C@@H]1Cc1ccccc1. The van der Waals surface area contributed by atoms with E-state index in [1.807, 2.05) is 42.2 Å². The zero-order valence-corrected chi connectivity index (χ0v) is 28.4. The van der Waals surface area contributed by atoms with E-state index in [0.717, 1.165) is 50.5 Å². The molecule has 3 N–H and O–H groups in total. The molecule has 0 radical (unpaired) electrons. The molecule has 1 aromatic heterocycles. The second-order valence-electron chi connectivity index (χ2n) is 13.2. The minimum Gasteiger partial charge on any atom is -0.371 e. The van der Waals surface area contributed by atoms with Crippen LogP contribution >= 0.6 is 0 Å². The highest BCUT2D eigenvalue weighted by molar-refractivity contribution is 5.96. The van der Waals surface area contributed by atoms with Crippen LogP contribution in [0.5, 0.6) is 0 Å². The number of piperidine rings is 1. The van der Waals surface area contributed by atoms with Crippen molar-refractivity contribution < 1.29 is 9.59 Å². The Morgan fingerprint density at radius 2 is 1.62 bits per heavy atom. The van der Waals surface area contributed by atoms with Crippen LogP contribution in [0.1, 0.15) is 41.5 Å². The van der Waals surface area contributed by atoms with Crippen molar-refractivity contribution in [1.82, 2.24) is 24.7 Å². The number of benzene rings is 2. The van der Waals surface area contributed by atoms with E-state index >= 15 is 0 Å². The lowest BCUT2D eigenvalue weighted by Gasteiger charge is -2.42. The lowest BCUT2D eigenvalue weighted by molar-refractivity contribution is -0.128. The summed E-state index contributed by atoms with van der Waals surface area (Å²) >= 11 is 0. The van der Waals surface area contributed by atoms with Crippen LogP contribution in [-0.4, -0.2) is 115 Å². The molecule has 3 saturated heterocycles. The van der Waals surface area contributed by atoms with Gasteiger partial charge in [0.15, 0.2) is 17.3 Å². The molecule has 3 aliphatic heterocycles. The summed E-state index contributed by atoms with van der Waals surface area (Å²) in [6, 6.07) is 19.1. The van der Waals surface area contributed by atoms with Gasteiger partial charge in [-0.2, -0.15) is 0 Å². The van der Waals surface area contributed by atoms with E-state index < -0.39 is 5.91 Å². The number of primary amides is 1. The monoisotopic (exact) mass is 651 g/mol. The molecule has 0 aliphatic carbocycles. The first kappa shape index (κ1) is 33.4. The molecule has 0 spiro atoms. The molecule has 3 aliphatic rings. The standard InChI is InChI=1S/C37H49N9O2/c1-4-32-37(45-23-24-46(33(47)5-2)31(26-45)25-27-9-7-6-8-10-27)41-36(34(40-32)35(38)48)39-28-11-13-29(14-12-28)43-17-15-30(16-18-43)44-21-19-42(3)20-22-44/h5-14,30-31H,2,4,15-26H2,1,3H3,(H2,38,48)(H,39,41)/t31-/m0/s1. The molecule has 6 rings (SSSR count). The number of carbonyl (C=O) groups excluding carboxylic acids is 2. The number of aromatic nitrogens is 2. The average Bonchev–Trinajstić information content (AvgIpc) is 3.12. The number of anilines is 4. The number of rotatable bonds is 10. The van der Waals surface area contributed by atoms with E-state index in [4.69, 9.17) is 15.7 Å². The fourth-order valence-electron chi connectivity index (χ4n) is 7.30. The Bertz CT molecular complexity index is 1570. The van der Waals surface area contributed by atoms with Crippen molar-refractivity contribution in [2.75, 3.05) is 81.1 Å². The maximum absolute atomic E-state index is 12.8. The van der Waals surface area contributed by atoms with Crippen LogP contribution in [0, 0.1) is 0 Å². The Kier molecular flexibility index (Phi) is 10.6. The van der Waals surface area contributed by atoms with Gasteiger partial charge in [-0.1, -0.05) is 43.8 Å². The number of hydrogen-bond donors (Lipinski definition) is 2. The average molecular weight is 652 g/mol. The van der Waals surface area contributed by atoms with E-state index in [-0.39, 0.29) is 17.6 Å². The molecule has 2 amide bonds. The van der Waals surface area contributed by atoms with E-state index in [2.05, 4.69) is 62.8 Å². The number of nitrogens with zero attached hydrogens (tertiary/aromatic N) is 7. The van der Waals surface area contributed by atoms with Crippen LogP contribution in [0.4, 0.5) is 23.0 Å². The lowest BCUT2D eigenvalue weighted by atomic mass is 10.0. The molecule has 4 heterocycles. The minimum atomic E-state index is -0.630. The van der Waals surface area contributed by atoms with Gasteiger partial charge in [0, 0.05) is 76.3 Å². The van der Waals surface area contributed by atoms with Crippen molar-refractivity contribution in [2.24, 2.45) is 5.73 Å². The molecule has 3 fully saturated rings. The van der Waals surface area contributed by atoms with Gasteiger partial charge < -0.3 is 30.7 Å². The third-order valence-corrected chi connectivity index (χ3v) is 10.1. The summed E-state index contributed by atoms with van der Waals surface area (Å²) in [6.45, 7) is 14.1. The third-order valence-electron chi connectivity index (χ3n) is 10.1. The van der Waals surface area contributed by atoms with Crippen LogP contribution < -0.4 is 20.9 Å². The summed E-state index contributed by atoms with van der Waals surface area (Å²) in [4.78, 5) is 46.7. The number of hydrogen-bond acceptors (Lipinski definition) is 9. The number of piperazine rings is 2. The number of carbonyl (C=O) groups is 2. The highest BCUT2D eigenvalue weighted by atomic mass is 16.2. The van der Waals surface area contributed by atoms with E-state index in [1.54, 1.807) is 0 Å². The van der Waals surface area contributed by atoms with Gasteiger partial charge in [-0.3, -0.25) is 14.5 Å². The fourth-order valence-corrected chi connectivity index (χ4v) is 7.30. The number of likely N-dealkylation sites (N-methyl/N-ethyl adjacent to an activating group) is 1. The van der Waals surface area contributed by atoms with Gasteiger partial charge in [-0.05, 0) is 68.6 Å². The van der Waals surface area contributed by atoms with E-state index in [0.29, 0.717) is 55.8 Å². The molecule has 11 nitrogen and oxygen atoms in total. The first-order chi connectivity index (χ1) is 23.3. The van der Waals surface area contributed by atoms with Gasteiger partial charge in [0.05, 0.1) is 11.7 Å². The van der Waals surface area contributed by atoms with Crippen molar-refractivity contribution in [2.45, 2.75) is 44.7 Å². The van der Waals surface area contributed by atoms with Crippen molar-refractivity contribution >= 4 is 34.8 Å². The van der Waals surface area contributed by atoms with Crippen LogP contribution in [0.2, 0.25) is 0 Å². The summed E-state index contributed by atoms with van der Waals surface area (Å²) in [6.07, 6.45) is 5.02. The molecular weight excluding hydrogens is 602 g/mol. The smallest absolute Gasteiger partial charge is 0.271 e. The molecule has 1 atom stereocenters. The fraction of sp³-hybridized carbons (Fsp3) is 0.459.